The number of halogens is 1. The molecule has 1 aromatic carbocycles. The van der Waals surface area contributed by atoms with Gasteiger partial charge in [0, 0.05) is 0 Å². The molecule has 0 aliphatic rings. The maximum atomic E-state index is 8.82. The van der Waals surface area contributed by atoms with Crippen LogP contribution in [0.1, 0.15) is 13.8 Å². The molecule has 4 nitrogen and oxygen atoms in total. The van der Waals surface area contributed by atoms with Crippen molar-refractivity contribution >= 4 is 22.6 Å². The van der Waals surface area contributed by atoms with Crippen molar-refractivity contribution < 1.29 is 9.47 Å². The second-order valence-electron chi connectivity index (χ2n) is 4.36. The standard InChI is InChI=1S/C16H15IN2O2/c1-10(8-18)12(3)20-14-6-5-7-15(16(14)17)21-13(4)11(2)9-19/h5-7,12-13H,1-2H2,3-4H3/t12-,13-/m0/s1. The highest BCUT2D eigenvalue weighted by Gasteiger charge is 2.15. The zero-order valence-electron chi connectivity index (χ0n) is 11.9. The first-order valence-electron chi connectivity index (χ1n) is 6.20. The quantitative estimate of drug-likeness (QED) is 0.541. The highest BCUT2D eigenvalue weighted by atomic mass is 127. The smallest absolute Gasteiger partial charge is 0.137 e. The van der Waals surface area contributed by atoms with Crippen LogP contribution in [0, 0.1) is 26.2 Å². The molecule has 0 unspecified atom stereocenters. The minimum absolute atomic E-state index is 0.350. The summed E-state index contributed by atoms with van der Waals surface area (Å²) >= 11 is 2.10. The fourth-order valence-electron chi connectivity index (χ4n) is 1.38. The van der Waals surface area contributed by atoms with Gasteiger partial charge in [-0.3, -0.25) is 0 Å². The molecule has 5 heteroatoms. The molecule has 0 bridgehead atoms. The first kappa shape index (κ1) is 17.1. The summed E-state index contributed by atoms with van der Waals surface area (Å²) in [6.07, 6.45) is -0.824. The van der Waals surface area contributed by atoms with Crippen LogP contribution in [0.4, 0.5) is 0 Å². The van der Waals surface area contributed by atoms with Gasteiger partial charge >= 0.3 is 0 Å². The monoisotopic (exact) mass is 394 g/mol. The Morgan fingerprint density at radius 3 is 1.76 bits per heavy atom. The van der Waals surface area contributed by atoms with E-state index in [4.69, 9.17) is 20.0 Å². The molecule has 21 heavy (non-hydrogen) atoms. The van der Waals surface area contributed by atoms with Gasteiger partial charge in [-0.25, -0.2) is 0 Å². The summed E-state index contributed by atoms with van der Waals surface area (Å²) in [5.74, 6) is 1.21. The van der Waals surface area contributed by atoms with E-state index in [-0.39, 0.29) is 0 Å². The average molecular weight is 394 g/mol. The van der Waals surface area contributed by atoms with Crippen molar-refractivity contribution in [3.63, 3.8) is 0 Å². The van der Waals surface area contributed by atoms with Gasteiger partial charge in [0.05, 0.1) is 26.9 Å². The van der Waals surface area contributed by atoms with Gasteiger partial charge in [0.15, 0.2) is 0 Å². The lowest BCUT2D eigenvalue weighted by Crippen LogP contribution is -2.16. The van der Waals surface area contributed by atoms with Gasteiger partial charge < -0.3 is 9.47 Å². The number of nitriles is 2. The van der Waals surface area contributed by atoms with E-state index < -0.39 is 12.2 Å². The Hall–Kier alpha value is -1.99. The maximum absolute atomic E-state index is 8.82. The molecule has 0 N–H and O–H groups in total. The van der Waals surface area contributed by atoms with Crippen molar-refractivity contribution in [1.82, 2.24) is 0 Å². The molecule has 0 saturated heterocycles. The number of nitrogens with zero attached hydrogens (tertiary/aromatic N) is 2. The van der Waals surface area contributed by atoms with Crippen LogP contribution in [0.25, 0.3) is 0 Å². The van der Waals surface area contributed by atoms with Crippen LogP contribution in [0.15, 0.2) is 42.5 Å². The van der Waals surface area contributed by atoms with E-state index in [1.54, 1.807) is 32.0 Å². The van der Waals surface area contributed by atoms with Crippen LogP contribution >= 0.6 is 22.6 Å². The van der Waals surface area contributed by atoms with Gasteiger partial charge in [-0.2, -0.15) is 10.5 Å². The summed E-state index contributed by atoms with van der Waals surface area (Å²) in [7, 11) is 0. The van der Waals surface area contributed by atoms with E-state index in [1.807, 2.05) is 12.1 Å². The molecule has 0 spiro atoms. The molecule has 0 aromatic heterocycles. The summed E-state index contributed by atoms with van der Waals surface area (Å²) in [5.41, 5.74) is 0.701. The fraction of sp³-hybridized carbons (Fsp3) is 0.250. The number of rotatable bonds is 6. The van der Waals surface area contributed by atoms with Gasteiger partial charge in [-0.15, -0.1) is 0 Å². The van der Waals surface area contributed by atoms with Gasteiger partial charge in [0.1, 0.15) is 23.7 Å². The molecule has 108 valence electrons. The second kappa shape index (κ2) is 7.70. The summed E-state index contributed by atoms with van der Waals surface area (Å²) in [4.78, 5) is 0. The number of hydrogen-bond acceptors (Lipinski definition) is 4. The molecule has 0 amide bonds. The van der Waals surface area contributed by atoms with Crippen molar-refractivity contribution in [2.75, 3.05) is 0 Å². The molecule has 1 rings (SSSR count). The molecule has 0 aliphatic carbocycles. The van der Waals surface area contributed by atoms with Crippen molar-refractivity contribution in [3.8, 4) is 23.6 Å². The third-order valence-corrected chi connectivity index (χ3v) is 3.87. The summed E-state index contributed by atoms with van der Waals surface area (Å²) < 4.78 is 12.2. The highest BCUT2D eigenvalue weighted by molar-refractivity contribution is 14.1. The van der Waals surface area contributed by atoms with Crippen LogP contribution in [-0.2, 0) is 0 Å². The molecule has 0 fully saturated rings. The largest absolute Gasteiger partial charge is 0.484 e. The van der Waals surface area contributed by atoms with E-state index in [0.717, 1.165) is 3.57 Å². The molecule has 0 aliphatic heterocycles. The molecule has 2 atom stereocenters. The normalized spacial score (nSPS) is 12.4. The topological polar surface area (TPSA) is 66.0 Å². The maximum Gasteiger partial charge on any atom is 0.137 e. The first-order chi connectivity index (χ1) is 9.90. The van der Waals surface area contributed by atoms with Crippen LogP contribution in [0.3, 0.4) is 0 Å². The third-order valence-electron chi connectivity index (χ3n) is 2.80. The molecular weight excluding hydrogens is 379 g/mol. The lowest BCUT2D eigenvalue weighted by Gasteiger charge is -2.18. The van der Waals surface area contributed by atoms with Crippen molar-refractivity contribution in [2.45, 2.75) is 26.1 Å². The Morgan fingerprint density at radius 2 is 1.43 bits per heavy atom. The Labute approximate surface area is 138 Å². The van der Waals surface area contributed by atoms with E-state index in [0.29, 0.717) is 22.6 Å². The van der Waals surface area contributed by atoms with E-state index in [1.165, 1.54) is 0 Å². The van der Waals surface area contributed by atoms with Gasteiger partial charge in [0.2, 0.25) is 0 Å². The van der Waals surface area contributed by atoms with Gasteiger partial charge in [-0.1, -0.05) is 19.2 Å². The number of ether oxygens (including phenoxy) is 2. The van der Waals surface area contributed by atoms with Crippen molar-refractivity contribution in [3.05, 3.63) is 46.1 Å². The predicted molar refractivity (Wildman–Crippen MR) is 88.8 cm³/mol. The second-order valence-corrected chi connectivity index (χ2v) is 5.44. The lowest BCUT2D eigenvalue weighted by atomic mass is 10.2. The number of hydrogen-bond donors (Lipinski definition) is 0. The molecule has 0 saturated carbocycles. The van der Waals surface area contributed by atoms with Crippen LogP contribution in [0.2, 0.25) is 0 Å². The van der Waals surface area contributed by atoms with Crippen LogP contribution in [0.5, 0.6) is 11.5 Å². The Morgan fingerprint density at radius 1 is 1.05 bits per heavy atom. The van der Waals surface area contributed by atoms with Crippen LogP contribution in [-0.4, -0.2) is 12.2 Å². The Balaban J connectivity index is 2.94. The highest BCUT2D eigenvalue weighted by Crippen LogP contribution is 2.32. The Bertz CT molecular complexity index is 588. The first-order valence-corrected chi connectivity index (χ1v) is 7.28. The predicted octanol–water partition coefficient (Wildman–Crippen LogP) is 3.99. The average Bonchev–Trinajstić information content (AvgIpc) is 2.49. The molecule has 0 heterocycles. The Kier molecular flexibility index (Phi) is 6.26. The minimum Gasteiger partial charge on any atom is -0.484 e. The molecular formula is C16H15IN2O2. The number of benzene rings is 1. The summed E-state index contributed by atoms with van der Waals surface area (Å²) in [6.45, 7) is 10.8. The van der Waals surface area contributed by atoms with Crippen molar-refractivity contribution in [1.29, 1.82) is 10.5 Å². The summed E-state index contributed by atoms with van der Waals surface area (Å²) in [6, 6.07) is 9.32. The lowest BCUT2D eigenvalue weighted by molar-refractivity contribution is 0.245. The summed E-state index contributed by atoms with van der Waals surface area (Å²) in [5, 5.41) is 17.6. The fourth-order valence-corrected chi connectivity index (χ4v) is 1.99. The van der Waals surface area contributed by atoms with Crippen molar-refractivity contribution in [2.24, 2.45) is 0 Å². The molecule has 0 radical (unpaired) electrons. The zero-order valence-corrected chi connectivity index (χ0v) is 14.0. The van der Waals surface area contributed by atoms with E-state index >= 15 is 0 Å². The van der Waals surface area contributed by atoms with Gasteiger partial charge in [0.25, 0.3) is 0 Å². The van der Waals surface area contributed by atoms with E-state index in [2.05, 4.69) is 35.7 Å². The SMILES string of the molecule is C=C(C#N)[C@H](C)Oc1cccc(O[C@@H](C)C(=C)C#N)c1I. The zero-order chi connectivity index (χ0) is 16.0. The molecule has 1 aromatic rings. The minimum atomic E-state index is -0.412. The van der Waals surface area contributed by atoms with E-state index in [9.17, 15) is 0 Å². The van der Waals surface area contributed by atoms with Crippen LogP contribution < -0.4 is 9.47 Å². The van der Waals surface area contributed by atoms with Gasteiger partial charge in [-0.05, 0) is 48.6 Å². The third kappa shape index (κ3) is 4.51.